The van der Waals surface area contributed by atoms with Crippen LogP contribution in [-0.2, 0) is 5.75 Å². The molecule has 2 aromatic heterocycles. The summed E-state index contributed by atoms with van der Waals surface area (Å²) in [6.07, 6.45) is 1.63. The summed E-state index contributed by atoms with van der Waals surface area (Å²) in [7, 11) is 0. The molecule has 0 atom stereocenters. The zero-order valence-electron chi connectivity index (χ0n) is 15.5. The van der Waals surface area contributed by atoms with E-state index in [9.17, 15) is 14.9 Å². The molecule has 0 unspecified atom stereocenters. The average molecular weight is 404 g/mol. The van der Waals surface area contributed by atoms with Crippen LogP contribution in [0.5, 0.6) is 0 Å². The van der Waals surface area contributed by atoms with Crippen LogP contribution in [0.15, 0.2) is 76.8 Å². The predicted octanol–water partition coefficient (Wildman–Crippen LogP) is 4.29. The van der Waals surface area contributed by atoms with Crippen molar-refractivity contribution >= 4 is 28.4 Å². The third kappa shape index (κ3) is 3.62. The number of hydrogen-bond donors (Lipinski definition) is 0. The summed E-state index contributed by atoms with van der Waals surface area (Å²) in [5.74, 6) is 0.800. The van der Waals surface area contributed by atoms with Gasteiger partial charge in [0.15, 0.2) is 5.16 Å². The Kier molecular flexibility index (Phi) is 5.09. The standard InChI is InChI=1S/C21H16N4O3S/c1-14-7-6-12-22-19(14)24-20(26)16-9-3-4-10-17(16)23-21(24)29-13-15-8-2-5-11-18(15)25(27)28/h2-12H,13H2,1H3. The molecule has 0 radical (unpaired) electrons. The lowest BCUT2D eigenvalue weighted by atomic mass is 10.2. The molecular weight excluding hydrogens is 388 g/mol. The molecule has 0 saturated carbocycles. The second-order valence-corrected chi connectivity index (χ2v) is 7.31. The fourth-order valence-corrected chi connectivity index (χ4v) is 4.05. The van der Waals surface area contributed by atoms with Gasteiger partial charge in [-0.15, -0.1) is 0 Å². The molecule has 2 aromatic carbocycles. The average Bonchev–Trinajstić information content (AvgIpc) is 2.73. The first-order valence-electron chi connectivity index (χ1n) is 8.85. The zero-order chi connectivity index (χ0) is 20.4. The third-order valence-electron chi connectivity index (χ3n) is 4.48. The number of hydrogen-bond acceptors (Lipinski definition) is 6. The molecular formula is C21H16N4O3S. The normalized spacial score (nSPS) is 10.9. The molecule has 0 N–H and O–H groups in total. The Morgan fingerprint density at radius 1 is 1.07 bits per heavy atom. The molecule has 7 nitrogen and oxygen atoms in total. The lowest BCUT2D eigenvalue weighted by Crippen LogP contribution is -2.23. The van der Waals surface area contributed by atoms with Crippen molar-refractivity contribution in [3.8, 4) is 5.82 Å². The van der Waals surface area contributed by atoms with Crippen LogP contribution in [0.4, 0.5) is 5.69 Å². The summed E-state index contributed by atoms with van der Waals surface area (Å²) >= 11 is 1.27. The maximum absolute atomic E-state index is 13.2. The number of nitro groups is 1. The van der Waals surface area contributed by atoms with Crippen molar-refractivity contribution in [2.24, 2.45) is 0 Å². The fourth-order valence-electron chi connectivity index (χ4n) is 3.06. The Balaban J connectivity index is 1.86. The summed E-state index contributed by atoms with van der Waals surface area (Å²) in [6.45, 7) is 1.88. The molecule has 0 fully saturated rings. The zero-order valence-corrected chi connectivity index (χ0v) is 16.3. The highest BCUT2D eigenvalue weighted by Gasteiger charge is 2.18. The highest BCUT2D eigenvalue weighted by molar-refractivity contribution is 7.98. The first-order valence-corrected chi connectivity index (χ1v) is 9.83. The number of para-hydroxylation sites is 2. The van der Waals surface area contributed by atoms with Crippen LogP contribution < -0.4 is 5.56 Å². The van der Waals surface area contributed by atoms with Crippen molar-refractivity contribution in [3.63, 3.8) is 0 Å². The van der Waals surface area contributed by atoms with Crippen molar-refractivity contribution in [2.45, 2.75) is 17.8 Å². The number of benzene rings is 2. The van der Waals surface area contributed by atoms with Crippen LogP contribution in [0.25, 0.3) is 16.7 Å². The smallest absolute Gasteiger partial charge is 0.268 e. The van der Waals surface area contributed by atoms with Crippen molar-refractivity contribution in [3.05, 3.63) is 98.5 Å². The quantitative estimate of drug-likeness (QED) is 0.213. The van der Waals surface area contributed by atoms with Gasteiger partial charge in [0.05, 0.1) is 15.8 Å². The summed E-state index contributed by atoms with van der Waals surface area (Å²) in [6, 6.07) is 17.4. The molecule has 0 spiro atoms. The second-order valence-electron chi connectivity index (χ2n) is 6.37. The summed E-state index contributed by atoms with van der Waals surface area (Å²) < 4.78 is 1.48. The fraction of sp³-hybridized carbons (Fsp3) is 0.0952. The van der Waals surface area contributed by atoms with Crippen molar-refractivity contribution in [2.75, 3.05) is 0 Å². The van der Waals surface area contributed by atoms with Crippen LogP contribution in [0, 0.1) is 17.0 Å². The minimum atomic E-state index is -0.403. The summed E-state index contributed by atoms with van der Waals surface area (Å²) in [4.78, 5) is 33.2. The Labute approximate surface area is 170 Å². The molecule has 0 amide bonds. The SMILES string of the molecule is Cc1cccnc1-n1c(SCc2ccccc2[N+](=O)[O-])nc2ccccc2c1=O. The van der Waals surface area contributed by atoms with Crippen molar-refractivity contribution in [1.82, 2.24) is 14.5 Å². The molecule has 2 heterocycles. The Morgan fingerprint density at radius 2 is 1.83 bits per heavy atom. The summed E-state index contributed by atoms with van der Waals surface area (Å²) in [5.41, 5.74) is 1.80. The van der Waals surface area contributed by atoms with Gasteiger partial charge in [-0.25, -0.2) is 14.5 Å². The minimum Gasteiger partial charge on any atom is -0.268 e. The van der Waals surface area contributed by atoms with E-state index >= 15 is 0 Å². The van der Waals surface area contributed by atoms with E-state index in [-0.39, 0.29) is 11.2 Å². The monoisotopic (exact) mass is 404 g/mol. The van der Waals surface area contributed by atoms with Gasteiger partial charge in [-0.2, -0.15) is 0 Å². The van der Waals surface area contributed by atoms with Gasteiger partial charge in [0.2, 0.25) is 0 Å². The lowest BCUT2D eigenvalue weighted by molar-refractivity contribution is -0.385. The maximum Gasteiger partial charge on any atom is 0.273 e. The molecule has 4 aromatic rings. The number of pyridine rings is 1. The molecule has 29 heavy (non-hydrogen) atoms. The van der Waals surface area contributed by atoms with Crippen molar-refractivity contribution in [1.29, 1.82) is 0 Å². The second kappa shape index (κ2) is 7.84. The van der Waals surface area contributed by atoms with Gasteiger partial charge < -0.3 is 0 Å². The van der Waals surface area contributed by atoms with E-state index in [0.29, 0.717) is 33.2 Å². The Bertz CT molecular complexity index is 1290. The predicted molar refractivity (Wildman–Crippen MR) is 113 cm³/mol. The van der Waals surface area contributed by atoms with Crippen LogP contribution in [0.3, 0.4) is 0 Å². The number of nitrogens with zero attached hydrogens (tertiary/aromatic N) is 4. The molecule has 0 saturated heterocycles. The van der Waals surface area contributed by atoms with E-state index in [2.05, 4.69) is 9.97 Å². The molecule has 144 valence electrons. The minimum absolute atomic E-state index is 0.0451. The number of rotatable bonds is 5. The third-order valence-corrected chi connectivity index (χ3v) is 5.47. The molecule has 0 bridgehead atoms. The van der Waals surface area contributed by atoms with E-state index < -0.39 is 4.92 Å². The Morgan fingerprint density at radius 3 is 2.62 bits per heavy atom. The van der Waals surface area contributed by atoms with Crippen LogP contribution in [0.1, 0.15) is 11.1 Å². The van der Waals surface area contributed by atoms with Gasteiger partial charge in [-0.05, 0) is 30.7 Å². The lowest BCUT2D eigenvalue weighted by Gasteiger charge is -2.14. The number of thioether (sulfide) groups is 1. The first-order chi connectivity index (χ1) is 14.1. The molecule has 0 aliphatic heterocycles. The van der Waals surface area contributed by atoms with Crippen molar-refractivity contribution < 1.29 is 4.92 Å². The number of aryl methyl sites for hydroxylation is 1. The first kappa shape index (κ1) is 18.8. The van der Waals surface area contributed by atoms with E-state index in [0.717, 1.165) is 5.56 Å². The van der Waals surface area contributed by atoms with Gasteiger partial charge in [-0.1, -0.05) is 48.2 Å². The van der Waals surface area contributed by atoms with E-state index in [1.54, 1.807) is 48.7 Å². The largest absolute Gasteiger partial charge is 0.273 e. The van der Waals surface area contributed by atoms with Gasteiger partial charge in [0.25, 0.3) is 11.2 Å². The Hall–Kier alpha value is -3.52. The van der Waals surface area contributed by atoms with Gasteiger partial charge >= 0.3 is 0 Å². The molecule has 8 heteroatoms. The van der Waals surface area contributed by atoms with E-state index in [4.69, 9.17) is 0 Å². The molecule has 0 aliphatic rings. The highest BCUT2D eigenvalue weighted by Crippen LogP contribution is 2.28. The molecule has 4 rings (SSSR count). The number of nitro benzene ring substituents is 1. The van der Waals surface area contributed by atoms with Crippen LogP contribution in [-0.4, -0.2) is 19.5 Å². The van der Waals surface area contributed by atoms with Crippen LogP contribution in [0.2, 0.25) is 0 Å². The number of aromatic nitrogens is 3. The van der Waals surface area contributed by atoms with E-state index in [1.165, 1.54) is 22.4 Å². The van der Waals surface area contributed by atoms with Gasteiger partial charge in [0, 0.05) is 23.6 Å². The van der Waals surface area contributed by atoms with E-state index in [1.807, 2.05) is 19.1 Å². The van der Waals surface area contributed by atoms with Gasteiger partial charge in [-0.3, -0.25) is 14.9 Å². The number of fused-ring (bicyclic) bond motifs is 1. The topological polar surface area (TPSA) is 90.9 Å². The van der Waals surface area contributed by atoms with Crippen LogP contribution >= 0.6 is 11.8 Å². The summed E-state index contributed by atoms with van der Waals surface area (Å²) in [5, 5.41) is 12.2. The maximum atomic E-state index is 13.2. The molecule has 0 aliphatic carbocycles. The van der Waals surface area contributed by atoms with Gasteiger partial charge in [0.1, 0.15) is 5.82 Å². The highest BCUT2D eigenvalue weighted by atomic mass is 32.2.